The van der Waals surface area contributed by atoms with Gasteiger partial charge in [0.2, 0.25) is 5.75 Å². The summed E-state index contributed by atoms with van der Waals surface area (Å²) in [6.07, 6.45) is 0. The Morgan fingerprint density at radius 2 is 1.53 bits per heavy atom. The number of aliphatic imine (C=N–C) groups is 1. The van der Waals surface area contributed by atoms with Crippen LogP contribution < -0.4 is 34.3 Å². The molecule has 2 N–H and O–H groups in total. The average molecular weight is 531 g/mol. The van der Waals surface area contributed by atoms with Gasteiger partial charge in [-0.15, -0.1) is 24.0 Å². The van der Waals surface area contributed by atoms with Crippen LogP contribution in [-0.2, 0) is 6.54 Å². The minimum absolute atomic E-state index is 0. The number of guanidine groups is 1. The van der Waals surface area contributed by atoms with E-state index >= 15 is 0 Å². The number of halogens is 1. The molecule has 0 fully saturated rings. The van der Waals surface area contributed by atoms with E-state index in [1.165, 1.54) is 0 Å². The van der Waals surface area contributed by atoms with Crippen LogP contribution in [0.3, 0.4) is 0 Å². The van der Waals surface area contributed by atoms with Gasteiger partial charge >= 0.3 is 0 Å². The second-order valence-electron chi connectivity index (χ2n) is 5.84. The van der Waals surface area contributed by atoms with Gasteiger partial charge in [0.05, 0.1) is 35.0 Å². The zero-order valence-electron chi connectivity index (χ0n) is 18.2. The van der Waals surface area contributed by atoms with E-state index in [0.717, 1.165) is 11.3 Å². The van der Waals surface area contributed by atoms with Crippen molar-refractivity contribution >= 4 is 35.6 Å². The Labute approximate surface area is 194 Å². The number of anilines is 1. The molecule has 0 aliphatic heterocycles. The first-order valence-corrected chi connectivity index (χ1v) is 9.18. The lowest BCUT2D eigenvalue weighted by Crippen LogP contribution is -2.30. The third kappa shape index (κ3) is 6.22. The highest BCUT2D eigenvalue weighted by atomic mass is 127. The largest absolute Gasteiger partial charge is 0.493 e. The smallest absolute Gasteiger partial charge is 0.203 e. The maximum atomic E-state index is 5.62. The number of methoxy groups -OCH3 is 4. The van der Waals surface area contributed by atoms with E-state index in [4.69, 9.17) is 23.7 Å². The highest BCUT2D eigenvalue weighted by Crippen LogP contribution is 2.39. The Morgan fingerprint density at radius 1 is 0.867 bits per heavy atom. The quantitative estimate of drug-likeness (QED) is 0.288. The molecule has 0 radical (unpaired) electrons. The fraction of sp³-hybridized carbons (Fsp3) is 0.381. The van der Waals surface area contributed by atoms with E-state index in [1.807, 2.05) is 37.3 Å². The van der Waals surface area contributed by atoms with Crippen LogP contribution in [0.25, 0.3) is 0 Å². The number of benzene rings is 2. The van der Waals surface area contributed by atoms with Crippen LogP contribution in [0.5, 0.6) is 28.7 Å². The van der Waals surface area contributed by atoms with Gasteiger partial charge in [-0.3, -0.25) is 4.99 Å². The van der Waals surface area contributed by atoms with Crippen LogP contribution >= 0.6 is 24.0 Å². The molecule has 0 saturated carbocycles. The summed E-state index contributed by atoms with van der Waals surface area (Å²) in [5.74, 6) is 3.70. The van der Waals surface area contributed by atoms with Crippen molar-refractivity contribution < 1.29 is 23.7 Å². The van der Waals surface area contributed by atoms with Crippen molar-refractivity contribution in [2.75, 3.05) is 47.4 Å². The molecule has 166 valence electrons. The van der Waals surface area contributed by atoms with Crippen molar-refractivity contribution in [1.82, 2.24) is 5.32 Å². The molecule has 0 atom stereocenters. The monoisotopic (exact) mass is 531 g/mol. The lowest BCUT2D eigenvalue weighted by atomic mass is 10.1. The molecule has 30 heavy (non-hydrogen) atoms. The standard InChI is InChI=1S/C21H29N3O5.HI/c1-7-29-18-12-15(9-11-16(18)25-3)24-21(22-2)23-13-14-8-10-17(26-4)20(28-6)19(14)27-5;/h8-12H,7,13H2,1-6H3,(H2,22,23,24);1H. The minimum Gasteiger partial charge on any atom is -0.493 e. The van der Waals surface area contributed by atoms with E-state index in [9.17, 15) is 0 Å². The Hall–Kier alpha value is -2.56. The predicted octanol–water partition coefficient (Wildman–Crippen LogP) is 3.93. The molecule has 0 unspecified atom stereocenters. The van der Waals surface area contributed by atoms with Crippen LogP contribution in [0.15, 0.2) is 35.3 Å². The van der Waals surface area contributed by atoms with Crippen molar-refractivity contribution in [3.8, 4) is 28.7 Å². The summed E-state index contributed by atoms with van der Waals surface area (Å²) in [5.41, 5.74) is 1.72. The maximum Gasteiger partial charge on any atom is 0.203 e. The van der Waals surface area contributed by atoms with Crippen LogP contribution in [0.1, 0.15) is 12.5 Å². The molecule has 0 saturated heterocycles. The van der Waals surface area contributed by atoms with E-state index < -0.39 is 0 Å². The molecule has 0 aliphatic rings. The van der Waals surface area contributed by atoms with Crippen molar-refractivity contribution in [2.24, 2.45) is 4.99 Å². The van der Waals surface area contributed by atoms with Gasteiger partial charge in [0.1, 0.15) is 0 Å². The van der Waals surface area contributed by atoms with Crippen molar-refractivity contribution in [3.63, 3.8) is 0 Å². The van der Waals surface area contributed by atoms with E-state index in [0.29, 0.717) is 47.9 Å². The van der Waals surface area contributed by atoms with Gasteiger partial charge in [-0.1, -0.05) is 0 Å². The van der Waals surface area contributed by atoms with Crippen molar-refractivity contribution in [3.05, 3.63) is 35.9 Å². The van der Waals surface area contributed by atoms with Crippen molar-refractivity contribution in [2.45, 2.75) is 13.5 Å². The molecule has 2 rings (SSSR count). The second kappa shape index (κ2) is 12.9. The van der Waals surface area contributed by atoms with Gasteiger partial charge in [0.25, 0.3) is 0 Å². The highest BCUT2D eigenvalue weighted by Gasteiger charge is 2.16. The number of ether oxygens (including phenoxy) is 5. The molecule has 0 aliphatic carbocycles. The SMILES string of the molecule is CCOc1cc(NC(=NC)NCc2ccc(OC)c(OC)c2OC)ccc1OC.I. The molecule has 0 aromatic heterocycles. The molecular formula is C21H30IN3O5. The number of rotatable bonds is 9. The van der Waals surface area contributed by atoms with Crippen LogP contribution in [0.2, 0.25) is 0 Å². The Bertz CT molecular complexity index is 846. The van der Waals surface area contributed by atoms with Gasteiger partial charge in [0.15, 0.2) is 29.0 Å². The summed E-state index contributed by atoms with van der Waals surface area (Å²) in [4.78, 5) is 4.27. The molecule has 0 spiro atoms. The highest BCUT2D eigenvalue weighted by molar-refractivity contribution is 14.0. The number of hydrogen-bond donors (Lipinski definition) is 2. The fourth-order valence-electron chi connectivity index (χ4n) is 2.82. The molecule has 0 amide bonds. The average Bonchev–Trinajstić information content (AvgIpc) is 2.76. The lowest BCUT2D eigenvalue weighted by Gasteiger charge is -2.18. The molecule has 0 bridgehead atoms. The van der Waals surface area contributed by atoms with Crippen LogP contribution in [0, 0.1) is 0 Å². The Kier molecular flexibility index (Phi) is 10.9. The van der Waals surface area contributed by atoms with E-state index in [1.54, 1.807) is 35.5 Å². The number of hydrogen-bond acceptors (Lipinski definition) is 6. The summed E-state index contributed by atoms with van der Waals surface area (Å²) in [6, 6.07) is 9.36. The predicted molar refractivity (Wildman–Crippen MR) is 129 cm³/mol. The third-order valence-corrected chi connectivity index (χ3v) is 4.18. The first-order chi connectivity index (χ1) is 14.1. The van der Waals surface area contributed by atoms with Gasteiger partial charge < -0.3 is 34.3 Å². The summed E-state index contributed by atoms with van der Waals surface area (Å²) in [5, 5.41) is 6.51. The zero-order valence-corrected chi connectivity index (χ0v) is 20.5. The molecule has 9 heteroatoms. The molecule has 8 nitrogen and oxygen atoms in total. The molecular weight excluding hydrogens is 501 g/mol. The van der Waals surface area contributed by atoms with Gasteiger partial charge in [-0.05, 0) is 31.2 Å². The maximum absolute atomic E-state index is 5.62. The summed E-state index contributed by atoms with van der Waals surface area (Å²) >= 11 is 0. The Balaban J connectivity index is 0.00000450. The topological polar surface area (TPSA) is 82.6 Å². The molecule has 0 heterocycles. The van der Waals surface area contributed by atoms with Crippen molar-refractivity contribution in [1.29, 1.82) is 0 Å². The van der Waals surface area contributed by atoms with Crippen LogP contribution in [0.4, 0.5) is 5.69 Å². The fourth-order valence-corrected chi connectivity index (χ4v) is 2.82. The zero-order chi connectivity index (χ0) is 21.2. The van der Waals surface area contributed by atoms with Gasteiger partial charge in [0, 0.05) is 30.9 Å². The normalized spacial score (nSPS) is 10.5. The van der Waals surface area contributed by atoms with Crippen LogP contribution in [-0.4, -0.2) is 48.1 Å². The van der Waals surface area contributed by atoms with E-state index in [-0.39, 0.29) is 24.0 Å². The first kappa shape index (κ1) is 25.5. The molecule has 2 aromatic carbocycles. The summed E-state index contributed by atoms with van der Waals surface area (Å²) in [6.45, 7) is 2.94. The summed E-state index contributed by atoms with van der Waals surface area (Å²) in [7, 11) is 8.08. The first-order valence-electron chi connectivity index (χ1n) is 9.18. The van der Waals surface area contributed by atoms with Gasteiger partial charge in [-0.25, -0.2) is 0 Å². The van der Waals surface area contributed by atoms with Gasteiger partial charge in [-0.2, -0.15) is 0 Å². The Morgan fingerprint density at radius 3 is 2.10 bits per heavy atom. The minimum atomic E-state index is 0. The second-order valence-corrected chi connectivity index (χ2v) is 5.84. The third-order valence-electron chi connectivity index (χ3n) is 4.18. The lowest BCUT2D eigenvalue weighted by molar-refractivity contribution is 0.311. The number of nitrogens with zero attached hydrogens (tertiary/aromatic N) is 1. The number of nitrogens with one attached hydrogen (secondary N) is 2. The summed E-state index contributed by atoms with van der Waals surface area (Å²) < 4.78 is 27.2. The van der Waals surface area contributed by atoms with E-state index in [2.05, 4.69) is 15.6 Å². The molecule has 2 aromatic rings.